The van der Waals surface area contributed by atoms with Crippen molar-refractivity contribution < 1.29 is 27.9 Å². The maximum absolute atomic E-state index is 12.5. The topological polar surface area (TPSA) is 105 Å². The molecule has 2 N–H and O–H groups in total. The van der Waals surface area contributed by atoms with Gasteiger partial charge in [-0.15, -0.1) is 0 Å². The molecule has 0 saturated heterocycles. The van der Waals surface area contributed by atoms with Crippen LogP contribution in [0.15, 0.2) is 18.2 Å². The molecule has 0 radical (unpaired) electrons. The second-order valence-corrected chi connectivity index (χ2v) is 7.72. The number of benzene rings is 1. The number of aliphatic hydroxyl groups is 1. The monoisotopic (exact) mass is 388 g/mol. The van der Waals surface area contributed by atoms with Crippen molar-refractivity contribution in [2.75, 3.05) is 25.3 Å². The van der Waals surface area contributed by atoms with Crippen LogP contribution in [0.5, 0.6) is 0 Å². The summed E-state index contributed by atoms with van der Waals surface area (Å²) in [6.07, 6.45) is 1.20. The fourth-order valence-electron chi connectivity index (χ4n) is 2.19. The molecular formula is C17H28N2O6S. The molecular weight excluding hydrogens is 360 g/mol. The largest absolute Gasteiger partial charge is 0.368 e. The van der Waals surface area contributed by atoms with Crippen molar-refractivity contribution in [1.82, 2.24) is 4.47 Å². The lowest BCUT2D eigenvalue weighted by Gasteiger charge is -2.23. The van der Waals surface area contributed by atoms with E-state index < -0.39 is 21.4 Å². The molecule has 1 amide bonds. The Bertz CT molecular complexity index is 672. The summed E-state index contributed by atoms with van der Waals surface area (Å²) in [5.41, 5.74) is -0.296. The number of anilines is 1. The number of hydrogen-bond acceptors (Lipinski definition) is 6. The summed E-state index contributed by atoms with van der Waals surface area (Å²) in [4.78, 5) is 17.4. The van der Waals surface area contributed by atoms with E-state index in [1.165, 1.54) is 0 Å². The first-order chi connectivity index (χ1) is 12.3. The molecule has 0 aliphatic rings. The second-order valence-electron chi connectivity index (χ2n) is 5.83. The predicted octanol–water partition coefficient (Wildman–Crippen LogP) is 1.92. The third-order valence-corrected chi connectivity index (χ3v) is 5.19. The van der Waals surface area contributed by atoms with Crippen LogP contribution in [0.25, 0.3) is 0 Å². The summed E-state index contributed by atoms with van der Waals surface area (Å²) in [6, 6.07) is 5.38. The number of hydroxylamine groups is 1. The van der Waals surface area contributed by atoms with E-state index in [0.717, 1.165) is 17.5 Å². The standard InChI is InChI=1S/C17H28N2O6S/c1-5-10-19(25-12-24-11-6-2)26(22,23)17(21)16(20)18-15-13(3)8-7-9-14(15)4/h7-9,17,21H,5-6,10-12H2,1-4H3,(H,18,20). The van der Waals surface area contributed by atoms with Crippen molar-refractivity contribution in [2.45, 2.75) is 46.0 Å². The Balaban J connectivity index is 2.88. The van der Waals surface area contributed by atoms with Crippen LogP contribution in [0.1, 0.15) is 37.8 Å². The molecule has 0 saturated carbocycles. The lowest BCUT2D eigenvalue weighted by Crippen LogP contribution is -2.45. The Kier molecular flexibility index (Phi) is 9.17. The smallest absolute Gasteiger partial charge is 0.272 e. The molecule has 1 rings (SSSR count). The molecule has 1 unspecified atom stereocenters. The molecule has 9 heteroatoms. The van der Waals surface area contributed by atoms with Crippen LogP contribution < -0.4 is 5.32 Å². The van der Waals surface area contributed by atoms with Crippen LogP contribution in [0.4, 0.5) is 5.69 Å². The van der Waals surface area contributed by atoms with E-state index in [4.69, 9.17) is 9.57 Å². The number of aryl methyl sites for hydroxylation is 2. The van der Waals surface area contributed by atoms with E-state index in [2.05, 4.69) is 5.32 Å². The number of ether oxygens (including phenoxy) is 1. The minimum Gasteiger partial charge on any atom is -0.368 e. The second kappa shape index (κ2) is 10.6. The number of aliphatic hydroxyl groups excluding tert-OH is 1. The number of sulfonamides is 1. The predicted molar refractivity (Wildman–Crippen MR) is 98.7 cm³/mol. The van der Waals surface area contributed by atoms with Crippen molar-refractivity contribution in [1.29, 1.82) is 0 Å². The molecule has 1 aromatic rings. The van der Waals surface area contributed by atoms with Crippen LogP contribution in [-0.2, 0) is 24.4 Å². The summed E-state index contributed by atoms with van der Waals surface area (Å²) in [5, 5.41) is 12.6. The number of carbonyl (C=O) groups excluding carboxylic acids is 1. The molecule has 0 aliphatic heterocycles. The van der Waals surface area contributed by atoms with Gasteiger partial charge in [0.15, 0.2) is 6.79 Å². The average molecular weight is 388 g/mol. The molecule has 0 fully saturated rings. The first-order valence-electron chi connectivity index (χ1n) is 8.53. The molecule has 1 aromatic carbocycles. The highest BCUT2D eigenvalue weighted by atomic mass is 32.2. The van der Waals surface area contributed by atoms with Crippen LogP contribution in [0.2, 0.25) is 0 Å². The Morgan fingerprint density at radius 2 is 1.85 bits per heavy atom. The van der Waals surface area contributed by atoms with E-state index in [1.54, 1.807) is 32.9 Å². The number of rotatable bonds is 11. The zero-order valence-electron chi connectivity index (χ0n) is 15.7. The van der Waals surface area contributed by atoms with Gasteiger partial charge in [0.2, 0.25) is 0 Å². The van der Waals surface area contributed by atoms with Crippen LogP contribution >= 0.6 is 0 Å². The maximum atomic E-state index is 12.5. The van der Waals surface area contributed by atoms with Crippen molar-refractivity contribution >= 4 is 21.6 Å². The summed E-state index contributed by atoms with van der Waals surface area (Å²) in [5.74, 6) is -1.04. The van der Waals surface area contributed by atoms with Crippen molar-refractivity contribution in [2.24, 2.45) is 0 Å². The summed E-state index contributed by atoms with van der Waals surface area (Å²) < 4.78 is 30.8. The number of amides is 1. The average Bonchev–Trinajstić information content (AvgIpc) is 2.60. The Labute approximate surface area is 155 Å². The maximum Gasteiger partial charge on any atom is 0.272 e. The zero-order chi connectivity index (χ0) is 19.7. The number of nitrogens with one attached hydrogen (secondary N) is 1. The SMILES string of the molecule is CCCOCON(CCC)S(=O)(=O)C(O)C(=O)Nc1c(C)cccc1C. The summed E-state index contributed by atoms with van der Waals surface area (Å²) >= 11 is 0. The fourth-order valence-corrected chi connectivity index (χ4v) is 3.37. The van der Waals surface area contributed by atoms with Gasteiger partial charge in [0.05, 0.1) is 0 Å². The number of para-hydroxylation sites is 1. The molecule has 0 spiro atoms. The van der Waals surface area contributed by atoms with Crippen LogP contribution in [0.3, 0.4) is 0 Å². The van der Waals surface area contributed by atoms with Gasteiger partial charge in [-0.05, 0) is 37.8 Å². The highest BCUT2D eigenvalue weighted by Gasteiger charge is 2.37. The van der Waals surface area contributed by atoms with Gasteiger partial charge >= 0.3 is 0 Å². The lowest BCUT2D eigenvalue weighted by molar-refractivity contribution is -0.175. The van der Waals surface area contributed by atoms with Crippen LogP contribution in [0, 0.1) is 13.8 Å². The fraction of sp³-hybridized carbons (Fsp3) is 0.588. The van der Waals surface area contributed by atoms with Gasteiger partial charge in [-0.25, -0.2) is 8.42 Å². The molecule has 8 nitrogen and oxygen atoms in total. The first kappa shape index (κ1) is 22.5. The lowest BCUT2D eigenvalue weighted by atomic mass is 10.1. The quantitative estimate of drug-likeness (QED) is 0.341. The first-order valence-corrected chi connectivity index (χ1v) is 10.0. The molecule has 0 aliphatic carbocycles. The minimum absolute atomic E-state index is 0.00838. The molecule has 0 aromatic heterocycles. The zero-order valence-corrected chi connectivity index (χ0v) is 16.5. The van der Waals surface area contributed by atoms with E-state index in [0.29, 0.717) is 23.2 Å². The Morgan fingerprint density at radius 1 is 1.23 bits per heavy atom. The Hall–Kier alpha value is -1.52. The molecule has 1 atom stereocenters. The van der Waals surface area contributed by atoms with Gasteiger partial charge in [0.1, 0.15) is 0 Å². The van der Waals surface area contributed by atoms with Gasteiger partial charge in [-0.3, -0.25) is 9.63 Å². The van der Waals surface area contributed by atoms with Gasteiger partial charge in [0.25, 0.3) is 21.4 Å². The number of hydrogen-bond donors (Lipinski definition) is 2. The molecule has 0 heterocycles. The summed E-state index contributed by atoms with van der Waals surface area (Å²) in [6.45, 7) is 7.34. The highest BCUT2D eigenvalue weighted by molar-refractivity contribution is 7.90. The number of nitrogens with zero attached hydrogens (tertiary/aromatic N) is 1. The van der Waals surface area contributed by atoms with Gasteiger partial charge in [-0.2, -0.15) is 0 Å². The van der Waals surface area contributed by atoms with E-state index >= 15 is 0 Å². The third kappa shape index (κ3) is 6.03. The molecule has 0 bridgehead atoms. The van der Waals surface area contributed by atoms with Crippen molar-refractivity contribution in [3.05, 3.63) is 29.3 Å². The minimum atomic E-state index is -4.42. The summed E-state index contributed by atoms with van der Waals surface area (Å²) in [7, 11) is -4.42. The van der Waals surface area contributed by atoms with Crippen molar-refractivity contribution in [3.63, 3.8) is 0 Å². The van der Waals surface area contributed by atoms with E-state index in [9.17, 15) is 18.3 Å². The highest BCUT2D eigenvalue weighted by Crippen LogP contribution is 2.20. The van der Waals surface area contributed by atoms with Crippen LogP contribution in [-0.4, -0.2) is 49.3 Å². The van der Waals surface area contributed by atoms with E-state index in [1.807, 2.05) is 13.0 Å². The Morgan fingerprint density at radius 3 is 2.38 bits per heavy atom. The molecule has 148 valence electrons. The van der Waals surface area contributed by atoms with E-state index in [-0.39, 0.29) is 13.3 Å². The van der Waals surface area contributed by atoms with Gasteiger partial charge in [-0.1, -0.05) is 36.5 Å². The normalized spacial score (nSPS) is 13.0. The van der Waals surface area contributed by atoms with Gasteiger partial charge in [0, 0.05) is 18.8 Å². The number of carbonyl (C=O) groups is 1. The van der Waals surface area contributed by atoms with Crippen molar-refractivity contribution in [3.8, 4) is 0 Å². The third-order valence-electron chi connectivity index (χ3n) is 3.55. The van der Waals surface area contributed by atoms with Gasteiger partial charge < -0.3 is 15.2 Å². The molecule has 26 heavy (non-hydrogen) atoms.